The van der Waals surface area contributed by atoms with Gasteiger partial charge in [-0.1, -0.05) is 12.1 Å². The molecule has 7 heteroatoms. The summed E-state index contributed by atoms with van der Waals surface area (Å²) in [5, 5.41) is 0. The Morgan fingerprint density at radius 2 is 2.00 bits per heavy atom. The SMILES string of the molecule is O=Cc1cnc(-c2ccccc2OC(F)(F)F)[nH]1. The fourth-order valence-corrected chi connectivity index (χ4v) is 1.41. The minimum atomic E-state index is -4.78. The standard InChI is InChI=1S/C11H7F3N2O2/c12-11(13,14)18-9-4-2-1-3-8(9)10-15-5-7(6-17)16-10/h1-6H,(H,15,16). The molecular weight excluding hydrogens is 249 g/mol. The first-order valence-corrected chi connectivity index (χ1v) is 4.85. The predicted octanol–water partition coefficient (Wildman–Crippen LogP) is 2.79. The van der Waals surface area contributed by atoms with Gasteiger partial charge in [-0.15, -0.1) is 13.2 Å². The number of hydrogen-bond donors (Lipinski definition) is 1. The van der Waals surface area contributed by atoms with Crippen LogP contribution in [0.25, 0.3) is 11.4 Å². The minimum Gasteiger partial charge on any atom is -0.405 e. The first-order chi connectivity index (χ1) is 8.49. The van der Waals surface area contributed by atoms with Crippen molar-refractivity contribution < 1.29 is 22.7 Å². The number of benzene rings is 1. The van der Waals surface area contributed by atoms with E-state index in [1.165, 1.54) is 24.4 Å². The van der Waals surface area contributed by atoms with E-state index in [4.69, 9.17) is 0 Å². The van der Waals surface area contributed by atoms with Gasteiger partial charge in [0.2, 0.25) is 0 Å². The normalized spacial score (nSPS) is 11.3. The molecule has 94 valence electrons. The molecule has 1 heterocycles. The molecule has 1 N–H and O–H groups in total. The van der Waals surface area contributed by atoms with Crippen LogP contribution in [-0.2, 0) is 0 Å². The summed E-state index contributed by atoms with van der Waals surface area (Å²) in [7, 11) is 0. The monoisotopic (exact) mass is 256 g/mol. The van der Waals surface area contributed by atoms with Gasteiger partial charge in [-0.25, -0.2) is 4.98 Å². The second-order valence-electron chi connectivity index (χ2n) is 3.35. The summed E-state index contributed by atoms with van der Waals surface area (Å²) < 4.78 is 40.5. The Hall–Kier alpha value is -2.31. The van der Waals surface area contributed by atoms with E-state index >= 15 is 0 Å². The molecule has 0 amide bonds. The van der Waals surface area contributed by atoms with Gasteiger partial charge in [0.25, 0.3) is 0 Å². The van der Waals surface area contributed by atoms with Gasteiger partial charge in [0.1, 0.15) is 11.6 Å². The van der Waals surface area contributed by atoms with E-state index in [1.54, 1.807) is 6.07 Å². The summed E-state index contributed by atoms with van der Waals surface area (Å²) in [5.41, 5.74) is 0.301. The molecule has 2 aromatic rings. The van der Waals surface area contributed by atoms with Crippen LogP contribution in [0.3, 0.4) is 0 Å². The first kappa shape index (κ1) is 12.2. The largest absolute Gasteiger partial charge is 0.573 e. The van der Waals surface area contributed by atoms with Crippen molar-refractivity contribution >= 4 is 6.29 Å². The Kier molecular flexibility index (Phi) is 3.05. The third-order valence-corrected chi connectivity index (χ3v) is 2.09. The smallest absolute Gasteiger partial charge is 0.405 e. The molecule has 0 aliphatic heterocycles. The molecule has 0 saturated carbocycles. The lowest BCUT2D eigenvalue weighted by Crippen LogP contribution is -2.17. The molecule has 1 aromatic heterocycles. The molecular formula is C11H7F3N2O2. The molecule has 0 aliphatic rings. The number of hydrogen-bond acceptors (Lipinski definition) is 3. The zero-order valence-electron chi connectivity index (χ0n) is 8.86. The topological polar surface area (TPSA) is 55.0 Å². The summed E-state index contributed by atoms with van der Waals surface area (Å²) in [6.45, 7) is 0. The van der Waals surface area contributed by atoms with Crippen LogP contribution in [0.1, 0.15) is 10.5 Å². The highest BCUT2D eigenvalue weighted by Crippen LogP contribution is 2.31. The highest BCUT2D eigenvalue weighted by Gasteiger charge is 2.32. The quantitative estimate of drug-likeness (QED) is 0.859. The van der Waals surface area contributed by atoms with Crippen molar-refractivity contribution in [3.05, 3.63) is 36.2 Å². The van der Waals surface area contributed by atoms with Gasteiger partial charge in [0.05, 0.1) is 17.5 Å². The van der Waals surface area contributed by atoms with Crippen molar-refractivity contribution in [3.8, 4) is 17.1 Å². The van der Waals surface area contributed by atoms with Crippen molar-refractivity contribution in [3.63, 3.8) is 0 Å². The number of imidazole rings is 1. The molecule has 0 atom stereocenters. The van der Waals surface area contributed by atoms with Crippen molar-refractivity contribution in [2.45, 2.75) is 6.36 Å². The number of alkyl halides is 3. The number of nitrogens with one attached hydrogen (secondary N) is 1. The lowest BCUT2D eigenvalue weighted by atomic mass is 10.2. The average molecular weight is 256 g/mol. The molecule has 0 fully saturated rings. The molecule has 4 nitrogen and oxygen atoms in total. The van der Waals surface area contributed by atoms with Crippen LogP contribution in [-0.4, -0.2) is 22.6 Å². The van der Waals surface area contributed by atoms with E-state index in [0.717, 1.165) is 0 Å². The number of carbonyl (C=O) groups excluding carboxylic acids is 1. The summed E-state index contributed by atoms with van der Waals surface area (Å²) >= 11 is 0. The molecule has 0 bridgehead atoms. The van der Waals surface area contributed by atoms with Gasteiger partial charge in [0.15, 0.2) is 6.29 Å². The number of para-hydroxylation sites is 1. The van der Waals surface area contributed by atoms with E-state index in [9.17, 15) is 18.0 Å². The van der Waals surface area contributed by atoms with Gasteiger partial charge in [-0.05, 0) is 12.1 Å². The zero-order valence-corrected chi connectivity index (χ0v) is 8.86. The van der Waals surface area contributed by atoms with Crippen molar-refractivity contribution in [1.29, 1.82) is 0 Å². The zero-order chi connectivity index (χ0) is 13.2. The maximum Gasteiger partial charge on any atom is 0.573 e. The van der Waals surface area contributed by atoms with Crippen LogP contribution in [0.15, 0.2) is 30.5 Å². The van der Waals surface area contributed by atoms with Crippen molar-refractivity contribution in [2.75, 3.05) is 0 Å². The number of ether oxygens (including phenoxy) is 1. The summed E-state index contributed by atoms with van der Waals surface area (Å²) in [4.78, 5) is 16.9. The maximum absolute atomic E-state index is 12.2. The van der Waals surface area contributed by atoms with E-state index in [1.807, 2.05) is 0 Å². The van der Waals surface area contributed by atoms with E-state index < -0.39 is 6.36 Å². The number of aldehydes is 1. The van der Waals surface area contributed by atoms with Crippen molar-refractivity contribution in [1.82, 2.24) is 9.97 Å². The van der Waals surface area contributed by atoms with Crippen molar-refractivity contribution in [2.24, 2.45) is 0 Å². The fourth-order valence-electron chi connectivity index (χ4n) is 1.41. The lowest BCUT2D eigenvalue weighted by molar-refractivity contribution is -0.274. The summed E-state index contributed by atoms with van der Waals surface area (Å²) in [6.07, 6.45) is -3.04. The molecule has 0 unspecified atom stereocenters. The van der Waals surface area contributed by atoms with Crippen LogP contribution < -0.4 is 4.74 Å². The fraction of sp³-hybridized carbons (Fsp3) is 0.0909. The predicted molar refractivity (Wildman–Crippen MR) is 56.1 cm³/mol. The van der Waals surface area contributed by atoms with E-state index in [2.05, 4.69) is 14.7 Å². The van der Waals surface area contributed by atoms with Gasteiger partial charge < -0.3 is 9.72 Å². The third kappa shape index (κ3) is 2.68. The molecule has 2 rings (SSSR count). The number of aromatic amines is 1. The van der Waals surface area contributed by atoms with Gasteiger partial charge >= 0.3 is 6.36 Å². The highest BCUT2D eigenvalue weighted by atomic mass is 19.4. The molecule has 0 aliphatic carbocycles. The number of rotatable bonds is 3. The summed E-state index contributed by atoms with van der Waals surface area (Å²) in [5.74, 6) is -0.242. The van der Waals surface area contributed by atoms with Crippen LogP contribution in [0.4, 0.5) is 13.2 Å². The minimum absolute atomic E-state index is 0.128. The first-order valence-electron chi connectivity index (χ1n) is 4.85. The third-order valence-electron chi connectivity index (χ3n) is 2.09. The van der Waals surface area contributed by atoms with Gasteiger partial charge in [-0.3, -0.25) is 4.79 Å². The van der Waals surface area contributed by atoms with E-state index in [0.29, 0.717) is 6.29 Å². The Morgan fingerprint density at radius 1 is 1.28 bits per heavy atom. The number of halogens is 3. The lowest BCUT2D eigenvalue weighted by Gasteiger charge is -2.11. The number of H-pyrrole nitrogens is 1. The van der Waals surface area contributed by atoms with E-state index in [-0.39, 0.29) is 22.8 Å². The Labute approximate surface area is 99.4 Å². The Bertz CT molecular complexity index is 563. The Morgan fingerprint density at radius 3 is 2.61 bits per heavy atom. The van der Waals surface area contributed by atoms with Crippen LogP contribution in [0.5, 0.6) is 5.75 Å². The number of nitrogens with zero attached hydrogens (tertiary/aromatic N) is 1. The molecule has 0 radical (unpaired) electrons. The number of aromatic nitrogens is 2. The second-order valence-corrected chi connectivity index (χ2v) is 3.35. The number of carbonyl (C=O) groups is 1. The molecule has 0 spiro atoms. The van der Waals surface area contributed by atoms with Gasteiger partial charge in [0, 0.05) is 0 Å². The second kappa shape index (κ2) is 4.52. The molecule has 1 aromatic carbocycles. The highest BCUT2D eigenvalue weighted by molar-refractivity contribution is 5.74. The molecule has 0 saturated heterocycles. The van der Waals surface area contributed by atoms with Crippen LogP contribution >= 0.6 is 0 Å². The summed E-state index contributed by atoms with van der Waals surface area (Å²) in [6, 6.07) is 5.54. The van der Waals surface area contributed by atoms with Crippen LogP contribution in [0.2, 0.25) is 0 Å². The molecule has 18 heavy (non-hydrogen) atoms. The Balaban J connectivity index is 2.41. The van der Waals surface area contributed by atoms with Gasteiger partial charge in [-0.2, -0.15) is 0 Å². The van der Waals surface area contributed by atoms with Crippen LogP contribution in [0, 0.1) is 0 Å². The maximum atomic E-state index is 12.2. The average Bonchev–Trinajstić information content (AvgIpc) is 2.76.